The molecule has 6 heteroatoms. The molecule has 3 rings (SSSR count). The van der Waals surface area contributed by atoms with E-state index in [2.05, 4.69) is 39.4 Å². The second-order valence-corrected chi connectivity index (χ2v) is 7.40. The lowest BCUT2D eigenvalue weighted by molar-refractivity contribution is 0.0955. The Morgan fingerprint density at radius 2 is 1.80 bits per heavy atom. The van der Waals surface area contributed by atoms with Gasteiger partial charge in [-0.25, -0.2) is 5.43 Å². The standard InChI is InChI=1S/C24H23BrN2O3/c1-3-29-22-14-18(15-26-27-24(28)19-10-5-4-6-11-19)13-21(25)23(22)30-16-20-12-8-7-9-17(20)2/h4-15H,3,16H2,1-2H3,(H,27,28)/b26-15-. The molecule has 0 saturated heterocycles. The van der Waals surface area contributed by atoms with Crippen LogP contribution in [0.5, 0.6) is 11.5 Å². The minimum Gasteiger partial charge on any atom is -0.490 e. The Labute approximate surface area is 184 Å². The molecule has 1 N–H and O–H groups in total. The molecular weight excluding hydrogens is 444 g/mol. The highest BCUT2D eigenvalue weighted by molar-refractivity contribution is 9.10. The van der Waals surface area contributed by atoms with Crippen LogP contribution in [0.25, 0.3) is 0 Å². The molecule has 0 radical (unpaired) electrons. The van der Waals surface area contributed by atoms with Gasteiger partial charge >= 0.3 is 0 Å². The van der Waals surface area contributed by atoms with Crippen LogP contribution in [0.1, 0.15) is 34.0 Å². The second-order valence-electron chi connectivity index (χ2n) is 6.54. The topological polar surface area (TPSA) is 59.9 Å². The minimum absolute atomic E-state index is 0.269. The molecule has 154 valence electrons. The van der Waals surface area contributed by atoms with E-state index in [-0.39, 0.29) is 5.91 Å². The van der Waals surface area contributed by atoms with Crippen LogP contribution in [-0.4, -0.2) is 18.7 Å². The van der Waals surface area contributed by atoms with E-state index in [1.165, 1.54) is 5.56 Å². The molecule has 0 saturated carbocycles. The average molecular weight is 467 g/mol. The maximum Gasteiger partial charge on any atom is 0.271 e. The van der Waals surface area contributed by atoms with Crippen molar-refractivity contribution in [2.45, 2.75) is 20.5 Å². The van der Waals surface area contributed by atoms with Crippen molar-refractivity contribution >= 4 is 28.1 Å². The highest BCUT2D eigenvalue weighted by Gasteiger charge is 2.13. The van der Waals surface area contributed by atoms with Crippen LogP contribution >= 0.6 is 15.9 Å². The van der Waals surface area contributed by atoms with E-state index < -0.39 is 0 Å². The van der Waals surface area contributed by atoms with Crippen molar-refractivity contribution < 1.29 is 14.3 Å². The fraction of sp³-hybridized carbons (Fsp3) is 0.167. The molecule has 0 aliphatic rings. The number of halogens is 1. The first-order valence-electron chi connectivity index (χ1n) is 9.60. The summed E-state index contributed by atoms with van der Waals surface area (Å²) in [5.74, 6) is 0.969. The van der Waals surface area contributed by atoms with Crippen molar-refractivity contribution in [1.29, 1.82) is 0 Å². The monoisotopic (exact) mass is 466 g/mol. The predicted octanol–water partition coefficient (Wildman–Crippen LogP) is 5.50. The number of amides is 1. The summed E-state index contributed by atoms with van der Waals surface area (Å²) in [7, 11) is 0. The zero-order valence-corrected chi connectivity index (χ0v) is 18.5. The Bertz CT molecular complexity index is 1040. The maximum absolute atomic E-state index is 12.1. The van der Waals surface area contributed by atoms with Crippen molar-refractivity contribution in [2.75, 3.05) is 6.61 Å². The van der Waals surface area contributed by atoms with Gasteiger partial charge in [-0.05, 0) is 70.7 Å². The lowest BCUT2D eigenvalue weighted by atomic mass is 10.1. The largest absolute Gasteiger partial charge is 0.490 e. The molecule has 0 fully saturated rings. The zero-order chi connectivity index (χ0) is 21.3. The first kappa shape index (κ1) is 21.6. The Hall–Kier alpha value is -3.12. The van der Waals surface area contributed by atoms with Crippen molar-refractivity contribution in [3.63, 3.8) is 0 Å². The summed E-state index contributed by atoms with van der Waals surface area (Å²) >= 11 is 3.56. The lowest BCUT2D eigenvalue weighted by Gasteiger charge is -2.15. The number of nitrogens with zero attached hydrogens (tertiary/aromatic N) is 1. The quantitative estimate of drug-likeness (QED) is 0.352. The molecule has 0 unspecified atom stereocenters. The van der Waals surface area contributed by atoms with E-state index in [1.54, 1.807) is 30.5 Å². The average Bonchev–Trinajstić information content (AvgIpc) is 2.75. The number of hydrogen-bond donors (Lipinski definition) is 1. The van der Waals surface area contributed by atoms with Gasteiger partial charge in [0.05, 0.1) is 17.3 Å². The van der Waals surface area contributed by atoms with E-state index >= 15 is 0 Å². The zero-order valence-electron chi connectivity index (χ0n) is 16.9. The number of carbonyl (C=O) groups is 1. The summed E-state index contributed by atoms with van der Waals surface area (Å²) < 4.78 is 12.6. The van der Waals surface area contributed by atoms with Gasteiger partial charge in [-0.3, -0.25) is 4.79 Å². The van der Waals surface area contributed by atoms with E-state index in [9.17, 15) is 4.79 Å². The molecule has 3 aromatic carbocycles. The highest BCUT2D eigenvalue weighted by Crippen LogP contribution is 2.37. The number of hydrogen-bond acceptors (Lipinski definition) is 4. The molecule has 0 aliphatic heterocycles. The number of nitrogens with one attached hydrogen (secondary N) is 1. The molecule has 0 atom stereocenters. The number of aryl methyl sites for hydroxylation is 1. The molecular formula is C24H23BrN2O3. The molecule has 30 heavy (non-hydrogen) atoms. The van der Waals surface area contributed by atoms with Gasteiger partial charge in [-0.15, -0.1) is 0 Å². The number of benzene rings is 3. The van der Waals surface area contributed by atoms with Gasteiger partial charge < -0.3 is 9.47 Å². The van der Waals surface area contributed by atoms with Crippen molar-refractivity contribution in [2.24, 2.45) is 5.10 Å². The summed E-state index contributed by atoms with van der Waals surface area (Å²) in [6, 6.07) is 20.7. The van der Waals surface area contributed by atoms with Gasteiger partial charge in [0.2, 0.25) is 0 Å². The van der Waals surface area contributed by atoms with E-state index in [0.717, 1.165) is 15.6 Å². The van der Waals surface area contributed by atoms with E-state index in [1.807, 2.05) is 43.3 Å². The number of ether oxygens (including phenoxy) is 2. The van der Waals surface area contributed by atoms with Crippen LogP contribution < -0.4 is 14.9 Å². The van der Waals surface area contributed by atoms with Gasteiger partial charge in [0.1, 0.15) is 6.61 Å². The van der Waals surface area contributed by atoms with Gasteiger partial charge in [0.15, 0.2) is 11.5 Å². The molecule has 0 bridgehead atoms. The Balaban J connectivity index is 1.73. The third-order valence-corrected chi connectivity index (χ3v) is 4.97. The van der Waals surface area contributed by atoms with Gasteiger partial charge in [-0.1, -0.05) is 42.5 Å². The van der Waals surface area contributed by atoms with Gasteiger partial charge in [-0.2, -0.15) is 5.10 Å². The lowest BCUT2D eigenvalue weighted by Crippen LogP contribution is -2.17. The molecule has 0 aromatic heterocycles. The van der Waals surface area contributed by atoms with Crippen molar-refractivity contribution in [1.82, 2.24) is 5.43 Å². The summed E-state index contributed by atoms with van der Waals surface area (Å²) in [4.78, 5) is 12.1. The minimum atomic E-state index is -0.269. The highest BCUT2D eigenvalue weighted by atomic mass is 79.9. The van der Waals surface area contributed by atoms with Crippen LogP contribution in [-0.2, 0) is 6.61 Å². The van der Waals surface area contributed by atoms with Crippen LogP contribution in [0.3, 0.4) is 0 Å². The first-order chi connectivity index (χ1) is 14.6. The fourth-order valence-electron chi connectivity index (χ4n) is 2.81. The molecule has 5 nitrogen and oxygen atoms in total. The maximum atomic E-state index is 12.1. The Morgan fingerprint density at radius 3 is 2.53 bits per heavy atom. The molecule has 0 heterocycles. The SMILES string of the molecule is CCOc1cc(/C=N\NC(=O)c2ccccc2)cc(Br)c1OCc1ccccc1C. The second kappa shape index (κ2) is 10.6. The van der Waals surface area contributed by atoms with E-state index in [0.29, 0.717) is 30.3 Å². The Kier molecular flexibility index (Phi) is 7.63. The number of carbonyl (C=O) groups excluding carboxylic acids is 1. The summed E-state index contributed by atoms with van der Waals surface area (Å²) in [6.07, 6.45) is 1.57. The summed E-state index contributed by atoms with van der Waals surface area (Å²) in [5.41, 5.74) is 6.12. The van der Waals surface area contributed by atoms with E-state index in [4.69, 9.17) is 9.47 Å². The number of hydrazone groups is 1. The van der Waals surface area contributed by atoms with Crippen molar-refractivity contribution in [3.8, 4) is 11.5 Å². The summed E-state index contributed by atoms with van der Waals surface area (Å²) in [6.45, 7) is 4.91. The van der Waals surface area contributed by atoms with Crippen LogP contribution in [0.15, 0.2) is 76.3 Å². The van der Waals surface area contributed by atoms with Crippen LogP contribution in [0, 0.1) is 6.92 Å². The normalized spacial score (nSPS) is 10.8. The predicted molar refractivity (Wildman–Crippen MR) is 122 cm³/mol. The van der Waals surface area contributed by atoms with Gasteiger partial charge in [0, 0.05) is 5.56 Å². The van der Waals surface area contributed by atoms with Crippen LogP contribution in [0.4, 0.5) is 0 Å². The van der Waals surface area contributed by atoms with Crippen molar-refractivity contribution in [3.05, 3.63) is 93.5 Å². The van der Waals surface area contributed by atoms with Gasteiger partial charge in [0.25, 0.3) is 5.91 Å². The third-order valence-electron chi connectivity index (χ3n) is 4.38. The fourth-order valence-corrected chi connectivity index (χ4v) is 3.38. The molecule has 1 amide bonds. The number of rotatable bonds is 8. The molecule has 3 aromatic rings. The first-order valence-corrected chi connectivity index (χ1v) is 10.4. The molecule has 0 spiro atoms. The molecule has 0 aliphatic carbocycles. The van der Waals surface area contributed by atoms with Crippen LogP contribution in [0.2, 0.25) is 0 Å². The Morgan fingerprint density at radius 1 is 1.07 bits per heavy atom. The summed E-state index contributed by atoms with van der Waals surface area (Å²) in [5, 5.41) is 4.05. The third kappa shape index (κ3) is 5.70. The smallest absolute Gasteiger partial charge is 0.271 e.